The van der Waals surface area contributed by atoms with Crippen LogP contribution < -0.4 is 0 Å². The zero-order chi connectivity index (χ0) is 23.3. The fraction of sp³-hybridized carbons (Fsp3) is 0.520. The number of rotatable bonds is 4. The van der Waals surface area contributed by atoms with Crippen LogP contribution in [0.5, 0.6) is 0 Å². The average molecular weight is 449 g/mol. The Hall–Kier alpha value is -1.70. The lowest BCUT2D eigenvalue weighted by Gasteiger charge is -2.38. The number of benzene rings is 1. The molecule has 0 aliphatic rings. The van der Waals surface area contributed by atoms with Crippen LogP contribution in [0.25, 0.3) is 5.57 Å². The maximum Gasteiger partial charge on any atom is 0.425 e. The van der Waals surface area contributed by atoms with Crippen LogP contribution in [-0.4, -0.2) is 22.3 Å². The summed E-state index contributed by atoms with van der Waals surface area (Å²) in [6, 6.07) is 8.67. The van der Waals surface area contributed by atoms with Gasteiger partial charge in [-0.15, -0.1) is 11.1 Å². The Kier molecular flexibility index (Phi) is 8.84. The molecule has 0 aromatic heterocycles. The minimum atomic E-state index is -4.55. The molecule has 0 saturated carbocycles. The molecule has 0 saturated heterocycles. The van der Waals surface area contributed by atoms with Crippen LogP contribution in [0.15, 0.2) is 35.9 Å². The van der Waals surface area contributed by atoms with Gasteiger partial charge in [-0.05, 0) is 22.2 Å². The van der Waals surface area contributed by atoms with Gasteiger partial charge in [0.15, 0.2) is 0 Å². The Bertz CT molecular complexity index is 841. The van der Waals surface area contributed by atoms with Crippen molar-refractivity contribution < 1.29 is 13.2 Å². The largest absolute Gasteiger partial charge is 0.425 e. The molecule has 0 heterocycles. The van der Waals surface area contributed by atoms with E-state index in [1.165, 1.54) is 0 Å². The Morgan fingerprint density at radius 1 is 0.767 bits per heavy atom. The van der Waals surface area contributed by atoms with Gasteiger partial charge in [-0.25, -0.2) is 0 Å². The molecule has 0 atom stereocenters. The summed E-state index contributed by atoms with van der Waals surface area (Å²) in [5, 5.41) is 0. The first-order chi connectivity index (χ1) is 13.6. The van der Waals surface area contributed by atoms with Crippen molar-refractivity contribution in [1.82, 2.24) is 0 Å². The Labute approximate surface area is 183 Å². The molecule has 164 valence electrons. The lowest BCUT2D eigenvalue weighted by Crippen LogP contribution is -2.43. The van der Waals surface area contributed by atoms with E-state index in [2.05, 4.69) is 64.5 Å². The minimum absolute atomic E-state index is 0.00711. The summed E-state index contributed by atoms with van der Waals surface area (Å²) in [7, 11) is -4.18. The summed E-state index contributed by atoms with van der Waals surface area (Å²) in [4.78, 5) is 0. The standard InChI is InChI=1S/C25H35F3Si2/c1-19(2)30(20(3)4,21(5)6)18-15-23(22-13-11-10-12-14-22)24(25(26,27)28)16-17-29(7,8)9/h10-14,19-21H,1-9H3/b24-23+. The molecule has 0 radical (unpaired) electrons. The van der Waals surface area contributed by atoms with Crippen molar-refractivity contribution in [1.29, 1.82) is 0 Å². The first kappa shape index (κ1) is 26.3. The van der Waals surface area contributed by atoms with Gasteiger partial charge in [-0.2, -0.15) is 13.2 Å². The molecule has 1 aromatic carbocycles. The monoisotopic (exact) mass is 448 g/mol. The lowest BCUT2D eigenvalue weighted by atomic mass is 10.0. The van der Waals surface area contributed by atoms with E-state index in [1.54, 1.807) is 30.3 Å². The second kappa shape index (κ2) is 10.1. The second-order valence-electron chi connectivity index (χ2n) is 9.76. The molecule has 0 aliphatic heterocycles. The highest BCUT2D eigenvalue weighted by molar-refractivity contribution is 6.90. The van der Waals surface area contributed by atoms with Crippen LogP contribution in [0.3, 0.4) is 0 Å². The molecular formula is C25H35F3Si2. The van der Waals surface area contributed by atoms with E-state index in [0.717, 1.165) is 0 Å². The highest BCUT2D eigenvalue weighted by Gasteiger charge is 2.42. The number of hydrogen-bond acceptors (Lipinski definition) is 0. The first-order valence-electron chi connectivity index (χ1n) is 10.6. The quantitative estimate of drug-likeness (QED) is 0.322. The van der Waals surface area contributed by atoms with Crippen molar-refractivity contribution in [2.75, 3.05) is 0 Å². The van der Waals surface area contributed by atoms with Crippen LogP contribution in [0.2, 0.25) is 36.3 Å². The van der Waals surface area contributed by atoms with Gasteiger partial charge in [0.05, 0.1) is 5.57 Å². The average Bonchev–Trinajstić information content (AvgIpc) is 2.58. The van der Waals surface area contributed by atoms with Crippen LogP contribution in [0, 0.1) is 22.9 Å². The van der Waals surface area contributed by atoms with Crippen molar-refractivity contribution >= 4 is 21.7 Å². The lowest BCUT2D eigenvalue weighted by molar-refractivity contribution is -0.0865. The van der Waals surface area contributed by atoms with Crippen LogP contribution in [-0.2, 0) is 0 Å². The van der Waals surface area contributed by atoms with Gasteiger partial charge in [-0.1, -0.05) is 103 Å². The summed E-state index contributed by atoms with van der Waals surface area (Å²) < 4.78 is 42.4. The SMILES string of the molecule is CC(C)[Si](C#C/C(=C(/C#C[Si](C)(C)C)C(F)(F)F)c1ccccc1)(C(C)C)C(C)C. The fourth-order valence-corrected chi connectivity index (χ4v) is 9.72. The molecule has 0 fully saturated rings. The van der Waals surface area contributed by atoms with E-state index in [9.17, 15) is 13.2 Å². The molecule has 0 N–H and O–H groups in total. The number of hydrogen-bond donors (Lipinski definition) is 0. The molecule has 5 heteroatoms. The second-order valence-corrected chi connectivity index (χ2v) is 20.1. The van der Waals surface area contributed by atoms with E-state index >= 15 is 0 Å². The van der Waals surface area contributed by atoms with Crippen LogP contribution in [0.4, 0.5) is 13.2 Å². The number of alkyl halides is 3. The molecule has 1 rings (SSSR count). The van der Waals surface area contributed by atoms with Crippen molar-refractivity contribution in [2.45, 2.75) is 84.0 Å². The summed E-state index contributed by atoms with van der Waals surface area (Å²) in [6.07, 6.45) is -4.55. The fourth-order valence-electron chi connectivity index (χ4n) is 4.01. The van der Waals surface area contributed by atoms with Crippen molar-refractivity contribution in [3.8, 4) is 22.9 Å². The smallest absolute Gasteiger partial charge is 0.165 e. The molecular weight excluding hydrogens is 413 g/mol. The van der Waals surface area contributed by atoms with Gasteiger partial charge < -0.3 is 0 Å². The summed E-state index contributed by atoms with van der Waals surface area (Å²) >= 11 is 0. The summed E-state index contributed by atoms with van der Waals surface area (Å²) in [5.74, 6) is 5.55. The molecule has 1 aromatic rings. The molecule has 0 unspecified atom stereocenters. The maximum absolute atomic E-state index is 14.1. The Morgan fingerprint density at radius 3 is 1.60 bits per heavy atom. The third kappa shape index (κ3) is 6.66. The van der Waals surface area contributed by atoms with Gasteiger partial charge in [0.25, 0.3) is 0 Å². The third-order valence-electron chi connectivity index (χ3n) is 5.43. The van der Waals surface area contributed by atoms with E-state index in [-0.39, 0.29) is 5.57 Å². The predicted molar refractivity (Wildman–Crippen MR) is 129 cm³/mol. The van der Waals surface area contributed by atoms with Crippen molar-refractivity contribution in [3.05, 3.63) is 41.5 Å². The highest BCUT2D eigenvalue weighted by Crippen LogP contribution is 2.41. The molecule has 0 aliphatic carbocycles. The molecule has 0 nitrogen and oxygen atoms in total. The van der Waals surface area contributed by atoms with E-state index < -0.39 is 27.9 Å². The number of allylic oxidation sites excluding steroid dienone is 2. The van der Waals surface area contributed by atoms with Crippen molar-refractivity contribution in [2.24, 2.45) is 0 Å². The normalized spacial score (nSPS) is 13.6. The topological polar surface area (TPSA) is 0 Å². The highest BCUT2D eigenvalue weighted by atomic mass is 28.3. The zero-order valence-electron chi connectivity index (χ0n) is 19.8. The molecule has 0 bridgehead atoms. The van der Waals surface area contributed by atoms with Gasteiger partial charge >= 0.3 is 6.18 Å². The van der Waals surface area contributed by atoms with Gasteiger partial charge in [-0.3, -0.25) is 0 Å². The summed E-state index contributed by atoms with van der Waals surface area (Å²) in [5.41, 5.74) is 7.03. The molecule has 0 spiro atoms. The van der Waals surface area contributed by atoms with Crippen LogP contribution in [0.1, 0.15) is 47.1 Å². The number of halogens is 3. The van der Waals surface area contributed by atoms with Gasteiger partial charge in [0.1, 0.15) is 21.7 Å². The predicted octanol–water partition coefficient (Wildman–Crippen LogP) is 8.10. The van der Waals surface area contributed by atoms with E-state index in [0.29, 0.717) is 22.2 Å². The van der Waals surface area contributed by atoms with Crippen LogP contribution >= 0.6 is 0 Å². The first-order valence-corrected chi connectivity index (χ1v) is 16.3. The van der Waals surface area contributed by atoms with E-state index in [4.69, 9.17) is 0 Å². The van der Waals surface area contributed by atoms with Crippen molar-refractivity contribution in [3.63, 3.8) is 0 Å². The molecule has 30 heavy (non-hydrogen) atoms. The Morgan fingerprint density at radius 2 is 1.23 bits per heavy atom. The zero-order valence-corrected chi connectivity index (χ0v) is 21.8. The van der Waals surface area contributed by atoms with Gasteiger partial charge in [0.2, 0.25) is 0 Å². The third-order valence-corrected chi connectivity index (χ3v) is 12.6. The maximum atomic E-state index is 14.1. The Balaban J connectivity index is 3.97. The van der Waals surface area contributed by atoms with E-state index in [1.807, 2.05) is 19.6 Å². The molecule has 0 amide bonds. The minimum Gasteiger partial charge on any atom is -0.165 e. The summed E-state index contributed by atoms with van der Waals surface area (Å²) in [6.45, 7) is 18.8. The van der Waals surface area contributed by atoms with Gasteiger partial charge in [0, 0.05) is 0 Å².